The molecule has 1 aromatic carbocycles. The van der Waals surface area contributed by atoms with Crippen molar-refractivity contribution in [2.24, 2.45) is 0 Å². The summed E-state index contributed by atoms with van der Waals surface area (Å²) in [6.07, 6.45) is 0. The highest BCUT2D eigenvalue weighted by Gasteiger charge is 2.18. The fourth-order valence-corrected chi connectivity index (χ4v) is 1.38. The highest BCUT2D eigenvalue weighted by atomic mass is 16.5. The monoisotopic (exact) mass is 236 g/mol. The number of aliphatic carboxylic acids is 1. The van der Waals surface area contributed by atoms with Gasteiger partial charge in [0.05, 0.1) is 13.2 Å². The summed E-state index contributed by atoms with van der Waals surface area (Å²) < 4.78 is 10.5. The van der Waals surface area contributed by atoms with Crippen molar-refractivity contribution in [1.29, 1.82) is 0 Å². The highest BCUT2D eigenvalue weighted by molar-refractivity contribution is 5.92. The predicted octanol–water partition coefficient (Wildman–Crippen LogP) is 2.51. The second kappa shape index (κ2) is 6.58. The third-order valence-electron chi connectivity index (χ3n) is 2.01. The Morgan fingerprint density at radius 1 is 1.12 bits per heavy atom. The summed E-state index contributed by atoms with van der Waals surface area (Å²) in [6.45, 7) is 4.20. The van der Waals surface area contributed by atoms with E-state index in [2.05, 4.69) is 0 Å². The maximum Gasteiger partial charge on any atom is 0.375 e. The fraction of sp³-hybridized carbons (Fsp3) is 0.308. The highest BCUT2D eigenvalue weighted by Crippen LogP contribution is 2.21. The lowest BCUT2D eigenvalue weighted by molar-refractivity contribution is -0.136. The van der Waals surface area contributed by atoms with Gasteiger partial charge in [0.2, 0.25) is 5.76 Å². The molecular weight excluding hydrogens is 220 g/mol. The van der Waals surface area contributed by atoms with Crippen LogP contribution in [0, 0.1) is 0 Å². The van der Waals surface area contributed by atoms with Gasteiger partial charge in [0.15, 0.2) is 5.76 Å². The van der Waals surface area contributed by atoms with Crippen molar-refractivity contribution in [2.45, 2.75) is 13.8 Å². The number of hydrogen-bond acceptors (Lipinski definition) is 3. The van der Waals surface area contributed by atoms with Gasteiger partial charge < -0.3 is 14.6 Å². The van der Waals surface area contributed by atoms with Crippen LogP contribution in [0.3, 0.4) is 0 Å². The SMILES string of the molecule is CCOC(C(=O)O)=C(OCC)c1ccccc1. The molecule has 0 spiro atoms. The van der Waals surface area contributed by atoms with E-state index in [0.717, 1.165) is 0 Å². The first kappa shape index (κ1) is 13.1. The molecule has 0 unspecified atom stereocenters. The number of carboxylic acids is 1. The lowest BCUT2D eigenvalue weighted by atomic mass is 10.1. The summed E-state index contributed by atoms with van der Waals surface area (Å²) in [6, 6.07) is 9.06. The Kier molecular flexibility index (Phi) is 5.07. The van der Waals surface area contributed by atoms with Crippen LogP contribution in [0.1, 0.15) is 19.4 Å². The molecule has 0 aromatic heterocycles. The van der Waals surface area contributed by atoms with Gasteiger partial charge in [0, 0.05) is 5.56 Å². The molecule has 0 heterocycles. The lowest BCUT2D eigenvalue weighted by Gasteiger charge is -2.13. The molecule has 4 nitrogen and oxygen atoms in total. The summed E-state index contributed by atoms with van der Waals surface area (Å²) in [7, 11) is 0. The molecule has 1 aromatic rings. The molecule has 0 radical (unpaired) electrons. The zero-order chi connectivity index (χ0) is 12.7. The topological polar surface area (TPSA) is 55.8 Å². The maximum atomic E-state index is 11.1. The van der Waals surface area contributed by atoms with Gasteiger partial charge in [-0.3, -0.25) is 0 Å². The summed E-state index contributed by atoms with van der Waals surface area (Å²) in [5, 5.41) is 9.10. The largest absolute Gasteiger partial charge is 0.489 e. The van der Waals surface area contributed by atoms with Crippen molar-refractivity contribution >= 4 is 11.7 Å². The van der Waals surface area contributed by atoms with Crippen LogP contribution in [0.15, 0.2) is 36.1 Å². The molecule has 0 atom stereocenters. The van der Waals surface area contributed by atoms with Gasteiger partial charge in [0.1, 0.15) is 0 Å². The molecule has 92 valence electrons. The molecule has 0 aliphatic rings. The smallest absolute Gasteiger partial charge is 0.375 e. The van der Waals surface area contributed by atoms with E-state index in [1.807, 2.05) is 18.2 Å². The predicted molar refractivity (Wildman–Crippen MR) is 64.2 cm³/mol. The summed E-state index contributed by atoms with van der Waals surface area (Å²) in [4.78, 5) is 11.1. The molecule has 0 amide bonds. The van der Waals surface area contributed by atoms with Crippen LogP contribution in [0.25, 0.3) is 5.76 Å². The third kappa shape index (κ3) is 3.52. The Labute approximate surface area is 100 Å². The molecule has 17 heavy (non-hydrogen) atoms. The lowest BCUT2D eigenvalue weighted by Crippen LogP contribution is -2.10. The normalized spacial score (nSPS) is 11.6. The molecule has 1 N–H and O–H groups in total. The molecule has 0 saturated heterocycles. The van der Waals surface area contributed by atoms with Gasteiger partial charge in [-0.1, -0.05) is 30.3 Å². The van der Waals surface area contributed by atoms with Crippen LogP contribution >= 0.6 is 0 Å². The summed E-state index contributed by atoms with van der Waals surface area (Å²) >= 11 is 0. The average Bonchev–Trinajstić information content (AvgIpc) is 2.34. The second-order valence-electron chi connectivity index (χ2n) is 3.20. The Hall–Kier alpha value is -1.97. The number of carbonyl (C=O) groups is 1. The number of hydrogen-bond donors (Lipinski definition) is 1. The first-order valence-electron chi connectivity index (χ1n) is 5.49. The molecular formula is C13H16O4. The number of benzene rings is 1. The third-order valence-corrected chi connectivity index (χ3v) is 2.01. The first-order valence-corrected chi connectivity index (χ1v) is 5.49. The van der Waals surface area contributed by atoms with Crippen molar-refractivity contribution in [3.8, 4) is 0 Å². The summed E-state index contributed by atoms with van der Waals surface area (Å²) in [5.41, 5.74) is 0.695. The van der Waals surface area contributed by atoms with E-state index in [4.69, 9.17) is 14.6 Å². The molecule has 0 saturated carbocycles. The van der Waals surface area contributed by atoms with Crippen LogP contribution in [0.5, 0.6) is 0 Å². The minimum absolute atomic E-state index is 0.152. The van der Waals surface area contributed by atoms with E-state index in [-0.39, 0.29) is 18.1 Å². The molecule has 0 bridgehead atoms. The van der Waals surface area contributed by atoms with Gasteiger partial charge in [-0.25, -0.2) is 4.79 Å². The number of ether oxygens (including phenoxy) is 2. The zero-order valence-electron chi connectivity index (χ0n) is 9.97. The van der Waals surface area contributed by atoms with Gasteiger partial charge in [-0.05, 0) is 13.8 Å². The number of rotatable bonds is 6. The van der Waals surface area contributed by atoms with E-state index in [1.165, 1.54) is 0 Å². The standard InChI is InChI=1S/C13H16O4/c1-3-16-11(10-8-6-5-7-9-10)12(13(14)15)17-4-2/h5-9H,3-4H2,1-2H3,(H,14,15). The summed E-state index contributed by atoms with van der Waals surface area (Å²) in [5.74, 6) is -1.01. The van der Waals surface area contributed by atoms with Crippen LogP contribution in [0.4, 0.5) is 0 Å². The van der Waals surface area contributed by atoms with E-state index in [1.54, 1.807) is 26.0 Å². The average molecular weight is 236 g/mol. The maximum absolute atomic E-state index is 11.1. The van der Waals surface area contributed by atoms with Crippen molar-refractivity contribution in [3.63, 3.8) is 0 Å². The molecule has 0 fully saturated rings. The number of carboxylic acid groups (broad SMARTS) is 1. The van der Waals surface area contributed by atoms with Gasteiger partial charge in [-0.15, -0.1) is 0 Å². The second-order valence-corrected chi connectivity index (χ2v) is 3.20. The van der Waals surface area contributed by atoms with Gasteiger partial charge in [0.25, 0.3) is 0 Å². The molecule has 0 aliphatic heterocycles. The Bertz CT molecular complexity index is 395. The first-order chi connectivity index (χ1) is 8.20. The van der Waals surface area contributed by atoms with E-state index in [0.29, 0.717) is 12.2 Å². The van der Waals surface area contributed by atoms with E-state index < -0.39 is 5.97 Å². The van der Waals surface area contributed by atoms with Crippen molar-refractivity contribution in [2.75, 3.05) is 13.2 Å². The zero-order valence-corrected chi connectivity index (χ0v) is 9.97. The van der Waals surface area contributed by atoms with Gasteiger partial charge in [-0.2, -0.15) is 0 Å². The Balaban J connectivity index is 3.21. The van der Waals surface area contributed by atoms with Crippen LogP contribution in [0.2, 0.25) is 0 Å². The molecule has 4 heteroatoms. The molecule has 1 rings (SSSR count). The quantitative estimate of drug-likeness (QED) is 0.609. The Morgan fingerprint density at radius 3 is 2.18 bits per heavy atom. The van der Waals surface area contributed by atoms with Crippen LogP contribution < -0.4 is 0 Å². The van der Waals surface area contributed by atoms with E-state index >= 15 is 0 Å². The minimum atomic E-state index is -1.13. The van der Waals surface area contributed by atoms with Crippen molar-refractivity contribution in [3.05, 3.63) is 41.7 Å². The Morgan fingerprint density at radius 2 is 1.71 bits per heavy atom. The molecule has 0 aliphatic carbocycles. The van der Waals surface area contributed by atoms with Crippen LogP contribution in [-0.4, -0.2) is 24.3 Å². The van der Waals surface area contributed by atoms with Crippen molar-refractivity contribution in [1.82, 2.24) is 0 Å². The van der Waals surface area contributed by atoms with Gasteiger partial charge >= 0.3 is 5.97 Å². The fourth-order valence-electron chi connectivity index (χ4n) is 1.38. The van der Waals surface area contributed by atoms with Crippen LogP contribution in [-0.2, 0) is 14.3 Å². The minimum Gasteiger partial charge on any atom is -0.489 e. The van der Waals surface area contributed by atoms with E-state index in [9.17, 15) is 4.79 Å². The van der Waals surface area contributed by atoms with Crippen molar-refractivity contribution < 1.29 is 19.4 Å².